The first kappa shape index (κ1) is 12.6. The Morgan fingerprint density at radius 1 is 1.06 bits per heavy atom. The third-order valence-electron chi connectivity index (χ3n) is 3.24. The van der Waals surface area contributed by atoms with Gasteiger partial charge in [-0.05, 0) is 32.4 Å². The zero-order valence-corrected chi connectivity index (χ0v) is 10.6. The van der Waals surface area contributed by atoms with E-state index in [2.05, 4.69) is 16.0 Å². The largest absolute Gasteiger partial charge is 0.335 e. The number of hydrogen-bond acceptors (Lipinski definition) is 4. The molecule has 7 heteroatoms. The zero-order valence-electron chi connectivity index (χ0n) is 9.74. The van der Waals surface area contributed by atoms with Crippen molar-refractivity contribution in [3.8, 4) is 0 Å². The van der Waals surface area contributed by atoms with Crippen LogP contribution in [0.2, 0.25) is 0 Å². The number of carbonyl (C=O) groups excluding carboxylic acids is 1. The third kappa shape index (κ3) is 3.85. The second-order valence-corrected chi connectivity index (χ2v) is 6.97. The maximum atomic E-state index is 11.6. The number of carbonyl (C=O) groups is 1. The van der Waals surface area contributed by atoms with Gasteiger partial charge in [-0.25, -0.2) is 13.2 Å². The molecule has 0 unspecified atom stereocenters. The number of hydrogen-bond donors (Lipinski definition) is 3. The summed E-state index contributed by atoms with van der Waals surface area (Å²) in [5.41, 5.74) is 0. The Hall–Kier alpha value is -0.820. The van der Waals surface area contributed by atoms with Crippen molar-refractivity contribution in [1.82, 2.24) is 16.0 Å². The van der Waals surface area contributed by atoms with Gasteiger partial charge in [-0.15, -0.1) is 0 Å². The quantitative estimate of drug-likeness (QED) is 0.609. The lowest BCUT2D eigenvalue weighted by Crippen LogP contribution is -2.49. The average Bonchev–Trinajstić information content (AvgIpc) is 2.59. The Morgan fingerprint density at radius 2 is 1.71 bits per heavy atom. The van der Waals surface area contributed by atoms with Crippen LogP contribution in [0.15, 0.2) is 0 Å². The Morgan fingerprint density at radius 3 is 2.29 bits per heavy atom. The minimum atomic E-state index is -2.93. The van der Waals surface area contributed by atoms with Crippen molar-refractivity contribution in [3.05, 3.63) is 0 Å². The van der Waals surface area contributed by atoms with E-state index >= 15 is 0 Å². The molecule has 2 aliphatic rings. The topological polar surface area (TPSA) is 87.3 Å². The summed E-state index contributed by atoms with van der Waals surface area (Å²) in [7, 11) is -2.93. The maximum Gasteiger partial charge on any atom is 0.315 e. The molecule has 0 radical (unpaired) electrons. The van der Waals surface area contributed by atoms with E-state index in [9.17, 15) is 13.2 Å². The van der Waals surface area contributed by atoms with Crippen molar-refractivity contribution in [3.63, 3.8) is 0 Å². The predicted octanol–water partition coefficient (Wildman–Crippen LogP) is -0.775. The molecule has 3 N–H and O–H groups in total. The summed E-state index contributed by atoms with van der Waals surface area (Å²) in [4.78, 5) is 11.6. The molecule has 2 heterocycles. The van der Waals surface area contributed by atoms with Gasteiger partial charge in [0.15, 0.2) is 9.84 Å². The molecule has 2 saturated heterocycles. The molecule has 17 heavy (non-hydrogen) atoms. The van der Waals surface area contributed by atoms with E-state index in [0.29, 0.717) is 6.42 Å². The van der Waals surface area contributed by atoms with E-state index in [0.717, 1.165) is 25.9 Å². The monoisotopic (exact) mass is 261 g/mol. The fourth-order valence-electron chi connectivity index (χ4n) is 2.29. The average molecular weight is 261 g/mol. The van der Waals surface area contributed by atoms with Gasteiger partial charge in [0, 0.05) is 12.1 Å². The fraction of sp³-hybridized carbons (Fsp3) is 0.900. The van der Waals surface area contributed by atoms with Gasteiger partial charge in [0.25, 0.3) is 0 Å². The molecule has 1 atom stereocenters. The van der Waals surface area contributed by atoms with E-state index in [-0.39, 0.29) is 29.6 Å². The summed E-state index contributed by atoms with van der Waals surface area (Å²) >= 11 is 0. The number of rotatable bonds is 2. The highest BCUT2D eigenvalue weighted by atomic mass is 32.2. The first-order valence-electron chi connectivity index (χ1n) is 6.03. The summed E-state index contributed by atoms with van der Waals surface area (Å²) in [5, 5.41) is 8.84. The second-order valence-electron chi connectivity index (χ2n) is 4.74. The van der Waals surface area contributed by atoms with Crippen molar-refractivity contribution in [2.45, 2.75) is 31.3 Å². The molecule has 0 bridgehead atoms. The highest BCUT2D eigenvalue weighted by Crippen LogP contribution is 2.11. The van der Waals surface area contributed by atoms with E-state index in [1.165, 1.54) is 0 Å². The van der Waals surface area contributed by atoms with Crippen LogP contribution in [0.3, 0.4) is 0 Å². The lowest BCUT2D eigenvalue weighted by Gasteiger charge is -2.24. The molecule has 2 aliphatic heterocycles. The van der Waals surface area contributed by atoms with Crippen LogP contribution in [-0.4, -0.2) is 51.1 Å². The van der Waals surface area contributed by atoms with Gasteiger partial charge in [-0.2, -0.15) is 0 Å². The van der Waals surface area contributed by atoms with Gasteiger partial charge in [-0.1, -0.05) is 0 Å². The third-order valence-corrected chi connectivity index (χ3v) is 5.01. The molecule has 98 valence electrons. The molecule has 0 aromatic carbocycles. The van der Waals surface area contributed by atoms with Gasteiger partial charge in [-0.3, -0.25) is 0 Å². The van der Waals surface area contributed by atoms with Crippen LogP contribution in [0.5, 0.6) is 0 Å². The first-order chi connectivity index (χ1) is 8.05. The number of urea groups is 1. The lowest BCUT2D eigenvalue weighted by atomic mass is 10.1. The van der Waals surface area contributed by atoms with Crippen molar-refractivity contribution in [1.29, 1.82) is 0 Å². The van der Waals surface area contributed by atoms with Crippen molar-refractivity contribution in [2.75, 3.05) is 24.6 Å². The van der Waals surface area contributed by atoms with Gasteiger partial charge in [0.05, 0.1) is 11.5 Å². The van der Waals surface area contributed by atoms with Crippen LogP contribution < -0.4 is 16.0 Å². The summed E-state index contributed by atoms with van der Waals surface area (Å²) in [5.74, 6) is 0.262. The molecule has 2 fully saturated rings. The molecule has 2 rings (SSSR count). The summed E-state index contributed by atoms with van der Waals surface area (Å²) in [6.45, 7) is 1.84. The minimum Gasteiger partial charge on any atom is -0.335 e. The van der Waals surface area contributed by atoms with Gasteiger partial charge in [0.1, 0.15) is 0 Å². The zero-order chi connectivity index (χ0) is 12.3. The number of amides is 2. The molecule has 2 amide bonds. The number of sulfone groups is 1. The van der Waals surface area contributed by atoms with E-state index in [1.54, 1.807) is 0 Å². The van der Waals surface area contributed by atoms with Crippen LogP contribution in [0.1, 0.15) is 19.3 Å². The fourth-order valence-corrected chi connectivity index (χ4v) is 3.96. The van der Waals surface area contributed by atoms with Crippen molar-refractivity contribution in [2.24, 2.45) is 0 Å². The molecular weight excluding hydrogens is 242 g/mol. The molecular formula is C10H19N3O3S. The second kappa shape index (κ2) is 5.22. The molecule has 6 nitrogen and oxygen atoms in total. The Kier molecular flexibility index (Phi) is 3.88. The minimum absolute atomic E-state index is 0.0760. The summed E-state index contributed by atoms with van der Waals surface area (Å²) in [6, 6.07) is -0.255. The Bertz CT molecular complexity index is 376. The number of piperidine rings is 1. The number of nitrogens with one attached hydrogen (secondary N) is 3. The van der Waals surface area contributed by atoms with Crippen LogP contribution in [-0.2, 0) is 9.84 Å². The van der Waals surface area contributed by atoms with Gasteiger partial charge in [0.2, 0.25) is 0 Å². The molecule has 0 saturated carbocycles. The summed E-state index contributed by atoms with van der Waals surface area (Å²) < 4.78 is 22.5. The lowest BCUT2D eigenvalue weighted by molar-refractivity contribution is 0.230. The molecule has 0 aromatic rings. The van der Waals surface area contributed by atoms with E-state index in [4.69, 9.17) is 0 Å². The highest BCUT2D eigenvalue weighted by molar-refractivity contribution is 7.91. The SMILES string of the molecule is O=C(NC1CCNCC1)N[C@H]1CCS(=O)(=O)C1. The van der Waals surface area contributed by atoms with Crippen LogP contribution >= 0.6 is 0 Å². The van der Waals surface area contributed by atoms with Crippen LogP contribution in [0.4, 0.5) is 4.79 Å². The smallest absolute Gasteiger partial charge is 0.315 e. The normalized spacial score (nSPS) is 28.8. The molecule has 0 spiro atoms. The Labute approximate surface area is 101 Å². The first-order valence-corrected chi connectivity index (χ1v) is 7.85. The van der Waals surface area contributed by atoms with Gasteiger partial charge >= 0.3 is 6.03 Å². The highest BCUT2D eigenvalue weighted by Gasteiger charge is 2.29. The molecule has 0 aromatic heterocycles. The van der Waals surface area contributed by atoms with Crippen LogP contribution in [0, 0.1) is 0 Å². The van der Waals surface area contributed by atoms with Crippen LogP contribution in [0.25, 0.3) is 0 Å². The molecule has 0 aliphatic carbocycles. The Balaban J connectivity index is 1.74. The van der Waals surface area contributed by atoms with Gasteiger partial charge < -0.3 is 16.0 Å². The predicted molar refractivity (Wildman–Crippen MR) is 64.6 cm³/mol. The maximum absolute atomic E-state index is 11.6. The van der Waals surface area contributed by atoms with Crippen molar-refractivity contribution >= 4 is 15.9 Å². The standard InChI is InChI=1S/C10H19N3O3S/c14-10(12-8-1-4-11-5-2-8)13-9-3-6-17(15,16)7-9/h8-9,11H,1-7H2,(H2,12,13,14)/t9-/m0/s1. The van der Waals surface area contributed by atoms with E-state index < -0.39 is 9.84 Å². The summed E-state index contributed by atoms with van der Waals surface area (Å²) in [6.07, 6.45) is 2.38. The van der Waals surface area contributed by atoms with E-state index in [1.807, 2.05) is 0 Å². The van der Waals surface area contributed by atoms with Crippen molar-refractivity contribution < 1.29 is 13.2 Å².